The molecule has 84 valence electrons. The van der Waals surface area contributed by atoms with Crippen LogP contribution < -0.4 is 0 Å². The first-order chi connectivity index (χ1) is 6.23. The second kappa shape index (κ2) is 4.91. The molecule has 0 rings (SSSR count). The fraction of sp³-hybridized carbons (Fsp3) is 0.900. The molecule has 0 aliphatic heterocycles. The lowest BCUT2D eigenvalue weighted by atomic mass is 10.0. The summed E-state index contributed by atoms with van der Waals surface area (Å²) in [6.45, 7) is 5.01. The van der Waals surface area contributed by atoms with E-state index in [-0.39, 0.29) is 5.78 Å². The number of carbonyl (C=O) groups is 1. The van der Waals surface area contributed by atoms with Gasteiger partial charge in [0.2, 0.25) is 0 Å². The van der Waals surface area contributed by atoms with E-state index >= 15 is 0 Å². The average molecular weight is 220 g/mol. The summed E-state index contributed by atoms with van der Waals surface area (Å²) >= 11 is 0. The van der Waals surface area contributed by atoms with E-state index in [1.807, 2.05) is 6.92 Å². The molecule has 0 saturated heterocycles. The van der Waals surface area contributed by atoms with Crippen molar-refractivity contribution in [2.24, 2.45) is 0 Å². The van der Waals surface area contributed by atoms with E-state index in [1.54, 1.807) is 0 Å². The third-order valence-corrected chi connectivity index (χ3v) is 4.69. The van der Waals surface area contributed by atoms with Gasteiger partial charge in [-0.15, -0.1) is 0 Å². The number of hydrogen-bond acceptors (Lipinski definition) is 3. The fourth-order valence-corrected chi connectivity index (χ4v) is 1.56. The zero-order chi connectivity index (χ0) is 11.4. The number of rotatable bonds is 6. The molecule has 0 atom stereocenters. The Morgan fingerprint density at radius 3 is 2.07 bits per heavy atom. The zero-order valence-corrected chi connectivity index (χ0v) is 10.3. The predicted molar refractivity (Wildman–Crippen MR) is 58.1 cm³/mol. The summed E-state index contributed by atoms with van der Waals surface area (Å²) < 4.78 is 21.4. The van der Waals surface area contributed by atoms with Gasteiger partial charge < -0.3 is 0 Å². The molecular formula is C10H20O3S. The monoisotopic (exact) mass is 220 g/mol. The number of Topliss-reactive ketones (excluding diaryl/α,β-unsaturated/α-hetero) is 1. The van der Waals surface area contributed by atoms with Crippen molar-refractivity contribution in [3.63, 3.8) is 0 Å². The zero-order valence-electron chi connectivity index (χ0n) is 9.46. The molecule has 4 heteroatoms. The maximum Gasteiger partial charge on any atom is 0.159 e. The maximum atomic E-state index is 11.6. The van der Waals surface area contributed by atoms with E-state index in [1.165, 1.54) is 13.8 Å². The molecule has 14 heavy (non-hydrogen) atoms. The highest BCUT2D eigenvalue weighted by Crippen LogP contribution is 2.19. The first-order valence-electron chi connectivity index (χ1n) is 4.96. The van der Waals surface area contributed by atoms with E-state index in [2.05, 4.69) is 0 Å². The molecule has 0 aliphatic carbocycles. The molecule has 0 fully saturated rings. The van der Waals surface area contributed by atoms with Crippen molar-refractivity contribution in [3.8, 4) is 0 Å². The molecule has 0 aromatic rings. The Balaban J connectivity index is 4.39. The molecule has 0 aromatic carbocycles. The van der Waals surface area contributed by atoms with Crippen molar-refractivity contribution >= 4 is 15.6 Å². The van der Waals surface area contributed by atoms with Crippen molar-refractivity contribution in [2.45, 2.75) is 51.2 Å². The molecule has 0 amide bonds. The molecule has 0 aliphatic rings. The van der Waals surface area contributed by atoms with Gasteiger partial charge in [0, 0.05) is 12.7 Å². The number of hydrogen-bond donors (Lipinski definition) is 0. The van der Waals surface area contributed by atoms with Gasteiger partial charge in [-0.05, 0) is 20.3 Å². The van der Waals surface area contributed by atoms with Gasteiger partial charge in [0.1, 0.15) is 4.75 Å². The highest BCUT2D eigenvalue weighted by Gasteiger charge is 2.37. The molecule has 3 nitrogen and oxygen atoms in total. The minimum absolute atomic E-state index is 0.173. The lowest BCUT2D eigenvalue weighted by molar-refractivity contribution is -0.120. The summed E-state index contributed by atoms with van der Waals surface area (Å²) in [4.78, 5) is 11.6. The first-order valence-corrected chi connectivity index (χ1v) is 6.85. The Morgan fingerprint density at radius 2 is 1.71 bits per heavy atom. The summed E-state index contributed by atoms with van der Waals surface area (Å²) in [5.41, 5.74) is 0. The van der Waals surface area contributed by atoms with Crippen LogP contribution in [0.15, 0.2) is 0 Å². The highest BCUT2D eigenvalue weighted by atomic mass is 32.2. The fourth-order valence-electron chi connectivity index (χ4n) is 1.04. The second-order valence-corrected chi connectivity index (χ2v) is 6.73. The molecule has 0 N–H and O–H groups in total. The van der Waals surface area contributed by atoms with Crippen molar-refractivity contribution < 1.29 is 13.2 Å². The van der Waals surface area contributed by atoms with E-state index in [0.717, 1.165) is 25.5 Å². The van der Waals surface area contributed by atoms with Crippen LogP contribution in [0.5, 0.6) is 0 Å². The van der Waals surface area contributed by atoms with E-state index < -0.39 is 14.6 Å². The van der Waals surface area contributed by atoms with Crippen LogP contribution in [0.3, 0.4) is 0 Å². The largest absolute Gasteiger partial charge is 0.298 e. The van der Waals surface area contributed by atoms with Crippen molar-refractivity contribution in [1.29, 1.82) is 0 Å². The third kappa shape index (κ3) is 3.40. The van der Waals surface area contributed by atoms with Crippen LogP contribution in [0.4, 0.5) is 0 Å². The molecule has 0 aromatic heterocycles. The van der Waals surface area contributed by atoms with Crippen molar-refractivity contribution in [3.05, 3.63) is 0 Å². The summed E-state index contributed by atoms with van der Waals surface area (Å²) in [6.07, 6.45) is 4.28. The van der Waals surface area contributed by atoms with Crippen LogP contribution in [-0.4, -0.2) is 25.2 Å². The molecule has 0 heterocycles. The minimum Gasteiger partial charge on any atom is -0.298 e. The molecule has 0 saturated carbocycles. The maximum absolute atomic E-state index is 11.6. The van der Waals surface area contributed by atoms with Crippen LogP contribution in [0.2, 0.25) is 0 Å². The van der Waals surface area contributed by atoms with Crippen LogP contribution >= 0.6 is 0 Å². The lowest BCUT2D eigenvalue weighted by Crippen LogP contribution is -2.39. The highest BCUT2D eigenvalue weighted by molar-refractivity contribution is 7.92. The number of carbonyl (C=O) groups excluding carboxylic acids is 1. The predicted octanol–water partition coefficient (Wildman–Crippen LogP) is 1.96. The van der Waals surface area contributed by atoms with Crippen molar-refractivity contribution in [2.75, 3.05) is 6.26 Å². The second-order valence-electron chi connectivity index (χ2n) is 4.16. The Hall–Kier alpha value is -0.380. The summed E-state index contributed by atoms with van der Waals surface area (Å²) in [5.74, 6) is -0.173. The Morgan fingerprint density at radius 1 is 1.21 bits per heavy atom. The van der Waals surface area contributed by atoms with Crippen molar-refractivity contribution in [1.82, 2.24) is 0 Å². The van der Waals surface area contributed by atoms with E-state index in [0.29, 0.717) is 6.42 Å². The van der Waals surface area contributed by atoms with Gasteiger partial charge in [-0.1, -0.05) is 19.8 Å². The van der Waals surface area contributed by atoms with Gasteiger partial charge >= 0.3 is 0 Å². The van der Waals surface area contributed by atoms with Gasteiger partial charge in [-0.3, -0.25) is 4.79 Å². The molecule has 0 bridgehead atoms. The molecule has 0 unspecified atom stereocenters. The lowest BCUT2D eigenvalue weighted by Gasteiger charge is -2.20. The van der Waals surface area contributed by atoms with Gasteiger partial charge in [0.05, 0.1) is 0 Å². The smallest absolute Gasteiger partial charge is 0.159 e. The first kappa shape index (κ1) is 13.6. The van der Waals surface area contributed by atoms with Gasteiger partial charge in [0.25, 0.3) is 0 Å². The van der Waals surface area contributed by atoms with E-state index in [9.17, 15) is 13.2 Å². The molecule has 0 radical (unpaired) electrons. The minimum atomic E-state index is -3.29. The number of ketones is 1. The van der Waals surface area contributed by atoms with Gasteiger partial charge in [0.15, 0.2) is 15.6 Å². The standard InChI is InChI=1S/C10H20O3S/c1-5-6-7-8-9(11)10(2,3)14(4,12)13/h5-8H2,1-4H3. The summed E-state index contributed by atoms with van der Waals surface area (Å²) in [7, 11) is -3.29. The van der Waals surface area contributed by atoms with Gasteiger partial charge in [-0.2, -0.15) is 0 Å². The Bertz CT molecular complexity index is 288. The summed E-state index contributed by atoms with van der Waals surface area (Å²) in [6, 6.07) is 0. The summed E-state index contributed by atoms with van der Waals surface area (Å²) in [5, 5.41) is 0. The Kier molecular flexibility index (Phi) is 4.78. The average Bonchev–Trinajstić information content (AvgIpc) is 2.02. The quantitative estimate of drug-likeness (QED) is 0.643. The van der Waals surface area contributed by atoms with E-state index in [4.69, 9.17) is 0 Å². The topological polar surface area (TPSA) is 51.2 Å². The molecule has 0 spiro atoms. The van der Waals surface area contributed by atoms with Crippen LogP contribution in [0.25, 0.3) is 0 Å². The number of unbranched alkanes of at least 4 members (excludes halogenated alkanes) is 2. The van der Waals surface area contributed by atoms with Crippen LogP contribution in [0, 0.1) is 0 Å². The van der Waals surface area contributed by atoms with Gasteiger partial charge in [-0.25, -0.2) is 8.42 Å². The number of sulfone groups is 1. The SMILES string of the molecule is CCCCCC(=O)C(C)(C)S(C)(=O)=O. The van der Waals surface area contributed by atoms with Crippen LogP contribution in [0.1, 0.15) is 46.5 Å². The van der Waals surface area contributed by atoms with Crippen LogP contribution in [-0.2, 0) is 14.6 Å². The molecular weight excluding hydrogens is 200 g/mol. The third-order valence-electron chi connectivity index (χ3n) is 2.61. The Labute approximate surface area is 86.8 Å². The normalized spacial score (nSPS) is 12.9.